The summed E-state index contributed by atoms with van der Waals surface area (Å²) in [5.74, 6) is 1.93. The third kappa shape index (κ3) is 2.83. The van der Waals surface area contributed by atoms with Crippen LogP contribution in [-0.2, 0) is 4.74 Å². The van der Waals surface area contributed by atoms with Crippen LogP contribution < -0.4 is 0 Å². The number of nitrogens with zero attached hydrogens (tertiary/aromatic N) is 1. The summed E-state index contributed by atoms with van der Waals surface area (Å²) in [5.41, 5.74) is 1.61. The van der Waals surface area contributed by atoms with Gasteiger partial charge in [-0.3, -0.25) is 4.90 Å². The Morgan fingerprint density at radius 3 is 3.11 bits per heavy atom. The van der Waals surface area contributed by atoms with Crippen molar-refractivity contribution in [1.29, 1.82) is 0 Å². The van der Waals surface area contributed by atoms with Gasteiger partial charge in [-0.25, -0.2) is 0 Å². The Morgan fingerprint density at radius 2 is 2.26 bits per heavy atom. The summed E-state index contributed by atoms with van der Waals surface area (Å²) in [6, 6.07) is 8.89. The number of ether oxygens (including phenoxy) is 1. The number of piperidine rings is 1. The second kappa shape index (κ2) is 5.47. The van der Waals surface area contributed by atoms with E-state index in [-0.39, 0.29) is 5.60 Å². The van der Waals surface area contributed by atoms with Gasteiger partial charge in [-0.15, -0.1) is 11.8 Å². The van der Waals surface area contributed by atoms with Gasteiger partial charge in [0.2, 0.25) is 0 Å². The molecule has 0 amide bonds. The van der Waals surface area contributed by atoms with Gasteiger partial charge in [0.15, 0.2) is 0 Å². The van der Waals surface area contributed by atoms with Gasteiger partial charge in [0, 0.05) is 36.8 Å². The molecule has 1 aromatic carbocycles. The highest BCUT2D eigenvalue weighted by Crippen LogP contribution is 2.40. The van der Waals surface area contributed by atoms with Gasteiger partial charge >= 0.3 is 0 Å². The smallest absolute Gasteiger partial charge is 0.0777 e. The molecule has 3 rings (SSSR count). The summed E-state index contributed by atoms with van der Waals surface area (Å²) < 4.78 is 5.70. The van der Waals surface area contributed by atoms with Crippen molar-refractivity contribution in [2.45, 2.75) is 36.2 Å². The fraction of sp³-hybridized carbons (Fsp3) is 0.625. The Labute approximate surface area is 120 Å². The van der Waals surface area contributed by atoms with Gasteiger partial charge in [-0.05, 0) is 37.9 Å². The SMILES string of the molecule is COC1(C)CCCN(CC2CSc3ccccc32)C1. The van der Waals surface area contributed by atoms with Crippen LogP contribution in [0, 0.1) is 0 Å². The fourth-order valence-electron chi connectivity index (χ4n) is 3.32. The zero-order chi connectivity index (χ0) is 13.3. The van der Waals surface area contributed by atoms with Gasteiger partial charge in [-0.1, -0.05) is 18.2 Å². The first-order valence-electron chi connectivity index (χ1n) is 7.19. The molecular weight excluding hydrogens is 254 g/mol. The Hall–Kier alpha value is -0.510. The van der Waals surface area contributed by atoms with Crippen LogP contribution in [0.25, 0.3) is 0 Å². The maximum atomic E-state index is 5.70. The number of thioether (sulfide) groups is 1. The number of benzene rings is 1. The van der Waals surface area contributed by atoms with E-state index in [1.165, 1.54) is 36.6 Å². The van der Waals surface area contributed by atoms with Crippen LogP contribution in [0.5, 0.6) is 0 Å². The van der Waals surface area contributed by atoms with Crippen LogP contribution in [-0.4, -0.2) is 43.0 Å². The average molecular weight is 277 g/mol. The average Bonchev–Trinajstić information content (AvgIpc) is 2.83. The summed E-state index contributed by atoms with van der Waals surface area (Å²) >= 11 is 2.01. The van der Waals surface area contributed by atoms with E-state index in [2.05, 4.69) is 36.1 Å². The molecule has 2 heterocycles. The van der Waals surface area contributed by atoms with Gasteiger partial charge in [0.1, 0.15) is 0 Å². The maximum Gasteiger partial charge on any atom is 0.0777 e. The quantitative estimate of drug-likeness (QED) is 0.840. The molecule has 104 valence electrons. The Balaban J connectivity index is 1.66. The molecular formula is C16H23NOS. The summed E-state index contributed by atoms with van der Waals surface area (Å²) in [7, 11) is 1.85. The molecule has 0 aromatic heterocycles. The number of likely N-dealkylation sites (tertiary alicyclic amines) is 1. The lowest BCUT2D eigenvalue weighted by atomic mass is 9.93. The standard InChI is InChI=1S/C16H23NOS/c1-16(18-2)8-5-9-17(12-16)10-13-11-19-15-7-4-3-6-14(13)15/h3-4,6-7,13H,5,8-12H2,1-2H3. The van der Waals surface area contributed by atoms with Gasteiger partial charge in [0.25, 0.3) is 0 Å². The van der Waals surface area contributed by atoms with E-state index in [4.69, 9.17) is 4.74 Å². The Morgan fingerprint density at radius 1 is 1.42 bits per heavy atom. The number of fused-ring (bicyclic) bond motifs is 1. The van der Waals surface area contributed by atoms with Crippen LogP contribution in [0.2, 0.25) is 0 Å². The minimum Gasteiger partial charge on any atom is -0.377 e. The molecule has 0 spiro atoms. The molecule has 2 unspecified atom stereocenters. The van der Waals surface area contributed by atoms with E-state index in [1.807, 2.05) is 18.9 Å². The topological polar surface area (TPSA) is 12.5 Å². The molecule has 1 aromatic rings. The number of rotatable bonds is 3. The Kier molecular flexibility index (Phi) is 3.88. The van der Waals surface area contributed by atoms with E-state index in [0.717, 1.165) is 6.54 Å². The van der Waals surface area contributed by atoms with Crippen molar-refractivity contribution >= 4 is 11.8 Å². The zero-order valence-corrected chi connectivity index (χ0v) is 12.7. The molecule has 2 aliphatic heterocycles. The third-order valence-corrected chi connectivity index (χ3v) is 5.76. The largest absolute Gasteiger partial charge is 0.377 e. The molecule has 0 N–H and O–H groups in total. The van der Waals surface area contributed by atoms with Crippen LogP contribution in [0.15, 0.2) is 29.2 Å². The monoisotopic (exact) mass is 277 g/mol. The van der Waals surface area contributed by atoms with Crippen molar-refractivity contribution in [1.82, 2.24) is 4.90 Å². The van der Waals surface area contributed by atoms with E-state index < -0.39 is 0 Å². The predicted molar refractivity (Wildman–Crippen MR) is 81.0 cm³/mol. The van der Waals surface area contributed by atoms with Crippen LogP contribution in [0.4, 0.5) is 0 Å². The molecule has 19 heavy (non-hydrogen) atoms. The highest BCUT2D eigenvalue weighted by atomic mass is 32.2. The van der Waals surface area contributed by atoms with Crippen LogP contribution >= 0.6 is 11.8 Å². The van der Waals surface area contributed by atoms with E-state index in [1.54, 1.807) is 5.56 Å². The first-order chi connectivity index (χ1) is 9.20. The van der Waals surface area contributed by atoms with Crippen LogP contribution in [0.3, 0.4) is 0 Å². The summed E-state index contributed by atoms with van der Waals surface area (Å²) in [6.07, 6.45) is 2.45. The number of methoxy groups -OCH3 is 1. The normalized spacial score (nSPS) is 31.4. The lowest BCUT2D eigenvalue weighted by molar-refractivity contribution is -0.0513. The Bertz CT molecular complexity index is 450. The van der Waals surface area contributed by atoms with Gasteiger partial charge < -0.3 is 4.74 Å². The third-order valence-electron chi connectivity index (χ3n) is 4.51. The molecule has 1 fully saturated rings. The molecule has 2 aliphatic rings. The molecule has 0 aliphatic carbocycles. The molecule has 0 radical (unpaired) electrons. The first-order valence-corrected chi connectivity index (χ1v) is 8.18. The minimum atomic E-state index is 0.0590. The molecule has 1 saturated heterocycles. The molecule has 2 atom stereocenters. The molecule has 3 heteroatoms. The fourth-order valence-corrected chi connectivity index (χ4v) is 4.56. The summed E-state index contributed by atoms with van der Waals surface area (Å²) in [6.45, 7) is 5.73. The summed E-state index contributed by atoms with van der Waals surface area (Å²) in [5, 5.41) is 0. The number of hydrogen-bond acceptors (Lipinski definition) is 3. The van der Waals surface area contributed by atoms with Crippen molar-refractivity contribution in [3.05, 3.63) is 29.8 Å². The van der Waals surface area contributed by atoms with E-state index >= 15 is 0 Å². The predicted octanol–water partition coefficient (Wildman–Crippen LogP) is 3.38. The molecule has 2 nitrogen and oxygen atoms in total. The summed E-state index contributed by atoms with van der Waals surface area (Å²) in [4.78, 5) is 4.08. The number of hydrogen-bond donors (Lipinski definition) is 0. The van der Waals surface area contributed by atoms with Crippen molar-refractivity contribution in [2.75, 3.05) is 32.5 Å². The molecule has 0 bridgehead atoms. The van der Waals surface area contributed by atoms with E-state index in [0.29, 0.717) is 5.92 Å². The second-order valence-corrected chi connectivity index (χ2v) is 7.10. The van der Waals surface area contributed by atoms with Crippen molar-refractivity contribution in [2.24, 2.45) is 0 Å². The van der Waals surface area contributed by atoms with E-state index in [9.17, 15) is 0 Å². The van der Waals surface area contributed by atoms with Crippen molar-refractivity contribution in [3.8, 4) is 0 Å². The first kappa shape index (κ1) is 13.5. The second-order valence-electron chi connectivity index (χ2n) is 6.04. The maximum absolute atomic E-state index is 5.70. The highest BCUT2D eigenvalue weighted by Gasteiger charge is 2.33. The van der Waals surface area contributed by atoms with Gasteiger partial charge in [-0.2, -0.15) is 0 Å². The molecule has 0 saturated carbocycles. The highest BCUT2D eigenvalue weighted by molar-refractivity contribution is 7.99. The lowest BCUT2D eigenvalue weighted by Crippen LogP contribution is -2.48. The zero-order valence-electron chi connectivity index (χ0n) is 11.9. The van der Waals surface area contributed by atoms with Gasteiger partial charge in [0.05, 0.1) is 5.60 Å². The van der Waals surface area contributed by atoms with Crippen molar-refractivity contribution in [3.63, 3.8) is 0 Å². The van der Waals surface area contributed by atoms with Crippen molar-refractivity contribution < 1.29 is 4.74 Å². The minimum absolute atomic E-state index is 0.0590. The lowest BCUT2D eigenvalue weighted by Gasteiger charge is -2.40. The van der Waals surface area contributed by atoms with Crippen LogP contribution in [0.1, 0.15) is 31.2 Å².